The van der Waals surface area contributed by atoms with Crippen molar-refractivity contribution in [2.75, 3.05) is 0 Å². The first-order valence-corrected chi connectivity index (χ1v) is 2.72. The van der Waals surface area contributed by atoms with Gasteiger partial charge < -0.3 is 5.32 Å². The average Bonchev–Trinajstić information content (AvgIpc) is 2.12. The predicted octanol–water partition coefficient (Wildman–Crippen LogP) is 0.451. The van der Waals surface area contributed by atoms with Crippen LogP contribution in [0.4, 0.5) is 0 Å². The molecule has 1 atom stereocenters. The molecule has 1 aliphatic rings. The van der Waals surface area contributed by atoms with Crippen molar-refractivity contribution in [2.45, 2.75) is 19.4 Å². The van der Waals surface area contributed by atoms with Gasteiger partial charge in [-0.05, 0) is 19.5 Å². The molecule has 2 heteroatoms. The lowest BCUT2D eigenvalue weighted by atomic mass is 10.2. The molecule has 0 amide bonds. The van der Waals surface area contributed by atoms with Crippen molar-refractivity contribution in [1.82, 2.24) is 5.32 Å². The van der Waals surface area contributed by atoms with Gasteiger partial charge in [-0.3, -0.25) is 4.79 Å². The van der Waals surface area contributed by atoms with Gasteiger partial charge in [-0.2, -0.15) is 0 Å². The van der Waals surface area contributed by atoms with Gasteiger partial charge >= 0.3 is 0 Å². The van der Waals surface area contributed by atoms with Crippen molar-refractivity contribution in [3.05, 3.63) is 12.3 Å². The number of ketones is 1. The molecule has 0 aromatic heterocycles. The lowest BCUT2D eigenvalue weighted by Gasteiger charge is -2.03. The monoisotopic (exact) mass is 111 g/mol. The summed E-state index contributed by atoms with van der Waals surface area (Å²) >= 11 is 0. The van der Waals surface area contributed by atoms with E-state index >= 15 is 0 Å². The maximum Gasteiger partial charge on any atom is 0.152 e. The molecule has 1 unspecified atom stereocenters. The highest BCUT2D eigenvalue weighted by Gasteiger charge is 2.12. The summed E-state index contributed by atoms with van der Waals surface area (Å²) in [7, 11) is 0. The lowest BCUT2D eigenvalue weighted by Crippen LogP contribution is -2.26. The Bertz CT molecular complexity index is 120. The molecule has 0 aromatic carbocycles. The van der Waals surface area contributed by atoms with E-state index in [0.717, 1.165) is 6.42 Å². The third kappa shape index (κ3) is 0.886. The lowest BCUT2D eigenvalue weighted by molar-refractivity contribution is -0.118. The van der Waals surface area contributed by atoms with Gasteiger partial charge in [-0.25, -0.2) is 0 Å². The third-order valence-electron chi connectivity index (χ3n) is 1.28. The first-order chi connectivity index (χ1) is 3.80. The van der Waals surface area contributed by atoms with E-state index in [9.17, 15) is 4.79 Å². The quantitative estimate of drug-likeness (QED) is 0.532. The molecule has 0 aliphatic carbocycles. The van der Waals surface area contributed by atoms with Crippen LogP contribution in [0.3, 0.4) is 0 Å². The smallest absolute Gasteiger partial charge is 0.152 e. The average molecular weight is 111 g/mol. The second kappa shape index (κ2) is 1.99. The minimum Gasteiger partial charge on any atom is -0.381 e. The maximum atomic E-state index is 10.5. The van der Waals surface area contributed by atoms with E-state index in [2.05, 4.69) is 5.32 Å². The molecule has 1 aliphatic heterocycles. The topological polar surface area (TPSA) is 29.1 Å². The predicted molar refractivity (Wildman–Crippen MR) is 31.4 cm³/mol. The number of nitrogens with one attached hydrogen (secondary N) is 1. The zero-order valence-electron chi connectivity index (χ0n) is 4.85. The number of Topliss-reactive ketones (excluding diaryl/α,β-unsaturated/α-hetero) is 1. The van der Waals surface area contributed by atoms with E-state index in [0.29, 0.717) is 0 Å². The molecular formula is C6H9NO. The van der Waals surface area contributed by atoms with Crippen molar-refractivity contribution < 1.29 is 4.79 Å². The summed E-state index contributed by atoms with van der Waals surface area (Å²) < 4.78 is 0. The number of rotatable bonds is 1. The van der Waals surface area contributed by atoms with Crippen LogP contribution in [0.1, 0.15) is 13.3 Å². The van der Waals surface area contributed by atoms with Gasteiger partial charge in [0.25, 0.3) is 0 Å². The maximum absolute atomic E-state index is 10.5. The standard InChI is InChI=1S/C6H9NO/c1-5(8)6-3-2-4-7-6/h2,4,6-7H,3H2,1H3. The van der Waals surface area contributed by atoms with Crippen LogP contribution in [0.5, 0.6) is 0 Å². The van der Waals surface area contributed by atoms with Gasteiger partial charge in [0.1, 0.15) is 0 Å². The largest absolute Gasteiger partial charge is 0.381 e. The van der Waals surface area contributed by atoms with Crippen LogP contribution < -0.4 is 5.32 Å². The second-order valence-corrected chi connectivity index (χ2v) is 1.97. The van der Waals surface area contributed by atoms with Crippen molar-refractivity contribution in [2.24, 2.45) is 0 Å². The third-order valence-corrected chi connectivity index (χ3v) is 1.28. The SMILES string of the molecule is CC(=O)C1CC=CN1. The summed E-state index contributed by atoms with van der Waals surface area (Å²) in [4.78, 5) is 10.5. The molecule has 1 rings (SSSR count). The molecule has 2 nitrogen and oxygen atoms in total. The van der Waals surface area contributed by atoms with Gasteiger partial charge in [-0.15, -0.1) is 0 Å². The van der Waals surface area contributed by atoms with E-state index in [1.54, 1.807) is 6.92 Å². The molecule has 0 bridgehead atoms. The van der Waals surface area contributed by atoms with Gasteiger partial charge in [-0.1, -0.05) is 6.08 Å². The fourth-order valence-electron chi connectivity index (χ4n) is 0.740. The van der Waals surface area contributed by atoms with Crippen LogP contribution in [0.25, 0.3) is 0 Å². The number of carbonyl (C=O) groups is 1. The molecule has 8 heavy (non-hydrogen) atoms. The normalized spacial score (nSPS) is 25.4. The van der Waals surface area contributed by atoms with Crippen LogP contribution in [0.15, 0.2) is 12.3 Å². The van der Waals surface area contributed by atoms with Crippen molar-refractivity contribution in [3.63, 3.8) is 0 Å². The Morgan fingerprint density at radius 2 is 2.62 bits per heavy atom. The van der Waals surface area contributed by atoms with E-state index in [4.69, 9.17) is 0 Å². The summed E-state index contributed by atoms with van der Waals surface area (Å²) in [6.45, 7) is 1.60. The number of carbonyl (C=O) groups excluding carboxylic acids is 1. The Morgan fingerprint density at radius 3 is 2.88 bits per heavy atom. The highest BCUT2D eigenvalue weighted by Crippen LogP contribution is 2.00. The summed E-state index contributed by atoms with van der Waals surface area (Å²) in [6, 6.07) is 0.0648. The Balaban J connectivity index is 2.41. The van der Waals surface area contributed by atoms with Crippen molar-refractivity contribution in [1.29, 1.82) is 0 Å². The summed E-state index contributed by atoms with van der Waals surface area (Å²) in [5, 5.41) is 2.93. The summed E-state index contributed by atoms with van der Waals surface area (Å²) in [5.41, 5.74) is 0. The molecule has 0 aromatic rings. The molecule has 0 spiro atoms. The van der Waals surface area contributed by atoms with Crippen molar-refractivity contribution >= 4 is 5.78 Å². The van der Waals surface area contributed by atoms with Crippen LogP contribution in [-0.2, 0) is 4.79 Å². The van der Waals surface area contributed by atoms with Gasteiger partial charge in [0, 0.05) is 0 Å². The first kappa shape index (κ1) is 5.35. The van der Waals surface area contributed by atoms with E-state index in [1.807, 2.05) is 12.3 Å². The highest BCUT2D eigenvalue weighted by molar-refractivity contribution is 5.82. The number of hydrogen-bond acceptors (Lipinski definition) is 2. The Morgan fingerprint density at radius 1 is 1.88 bits per heavy atom. The Kier molecular flexibility index (Phi) is 1.33. The van der Waals surface area contributed by atoms with Crippen LogP contribution in [-0.4, -0.2) is 11.8 Å². The fraction of sp³-hybridized carbons (Fsp3) is 0.500. The van der Waals surface area contributed by atoms with Gasteiger partial charge in [0.05, 0.1) is 6.04 Å². The molecule has 0 saturated carbocycles. The zero-order valence-corrected chi connectivity index (χ0v) is 4.85. The van der Waals surface area contributed by atoms with Crippen molar-refractivity contribution in [3.8, 4) is 0 Å². The van der Waals surface area contributed by atoms with Gasteiger partial charge in [0.15, 0.2) is 5.78 Å². The molecule has 0 radical (unpaired) electrons. The van der Waals surface area contributed by atoms with Gasteiger partial charge in [0.2, 0.25) is 0 Å². The molecule has 1 heterocycles. The molecule has 0 fully saturated rings. The van der Waals surface area contributed by atoms with Crippen LogP contribution in [0.2, 0.25) is 0 Å². The second-order valence-electron chi connectivity index (χ2n) is 1.97. The first-order valence-electron chi connectivity index (χ1n) is 2.72. The molecule has 1 N–H and O–H groups in total. The number of hydrogen-bond donors (Lipinski definition) is 1. The summed E-state index contributed by atoms with van der Waals surface area (Å²) in [5.74, 6) is 0.218. The highest BCUT2D eigenvalue weighted by atomic mass is 16.1. The van der Waals surface area contributed by atoms with E-state index < -0.39 is 0 Å². The Labute approximate surface area is 48.6 Å². The van der Waals surface area contributed by atoms with Crippen LogP contribution in [0, 0.1) is 0 Å². The molecule has 44 valence electrons. The molecule has 0 saturated heterocycles. The van der Waals surface area contributed by atoms with E-state index in [1.165, 1.54) is 0 Å². The Hall–Kier alpha value is -0.790. The molecular weight excluding hydrogens is 102 g/mol. The van der Waals surface area contributed by atoms with Crippen LogP contribution >= 0.6 is 0 Å². The van der Waals surface area contributed by atoms with E-state index in [-0.39, 0.29) is 11.8 Å². The minimum absolute atomic E-state index is 0.0648. The minimum atomic E-state index is 0.0648. The summed E-state index contributed by atoms with van der Waals surface area (Å²) in [6.07, 6.45) is 4.65. The fourth-order valence-corrected chi connectivity index (χ4v) is 0.740. The zero-order chi connectivity index (χ0) is 5.98.